The predicted octanol–water partition coefficient (Wildman–Crippen LogP) is 2.72. The topological polar surface area (TPSA) is 35.5 Å². The second-order valence-corrected chi connectivity index (χ2v) is 3.65. The third-order valence-corrected chi connectivity index (χ3v) is 2.61. The minimum absolute atomic E-state index is 0.108. The number of carbonyl (C=O) groups is 1. The first-order chi connectivity index (χ1) is 7.08. The van der Waals surface area contributed by atoms with Crippen LogP contribution in [0.5, 0.6) is 5.75 Å². The molecule has 15 heavy (non-hydrogen) atoms. The minimum atomic E-state index is -0.355. The highest BCUT2D eigenvalue weighted by Gasteiger charge is 2.11. The van der Waals surface area contributed by atoms with E-state index in [2.05, 4.69) is 4.74 Å². The average Bonchev–Trinajstić information content (AvgIpc) is 2.22. The largest absolute Gasteiger partial charge is 0.496 e. The Morgan fingerprint density at radius 2 is 1.87 bits per heavy atom. The Morgan fingerprint density at radius 3 is 2.40 bits per heavy atom. The van der Waals surface area contributed by atoms with Gasteiger partial charge in [0.15, 0.2) is 0 Å². The predicted molar refractivity (Wildman–Crippen MR) is 58.7 cm³/mol. The summed E-state index contributed by atoms with van der Waals surface area (Å²) in [6.45, 7) is 0. The van der Waals surface area contributed by atoms with Crippen LogP contribution in [-0.2, 0) is 16.0 Å². The van der Waals surface area contributed by atoms with Gasteiger partial charge in [-0.25, -0.2) is 0 Å². The molecule has 5 heteroatoms. The smallest absolute Gasteiger partial charge is 0.310 e. The molecule has 0 aliphatic rings. The molecule has 0 heterocycles. The van der Waals surface area contributed by atoms with E-state index < -0.39 is 0 Å². The Labute approximate surface area is 97.9 Å². The molecular formula is C10H10Cl2O3. The maximum atomic E-state index is 11.1. The lowest BCUT2D eigenvalue weighted by atomic mass is 10.1. The zero-order chi connectivity index (χ0) is 11.4. The lowest BCUT2D eigenvalue weighted by Gasteiger charge is -2.09. The van der Waals surface area contributed by atoms with Crippen LogP contribution in [0.3, 0.4) is 0 Å². The van der Waals surface area contributed by atoms with Crippen LogP contribution in [0.2, 0.25) is 10.0 Å². The van der Waals surface area contributed by atoms with Crippen LogP contribution in [0, 0.1) is 0 Å². The van der Waals surface area contributed by atoms with Crippen LogP contribution in [0.15, 0.2) is 12.1 Å². The van der Waals surface area contributed by atoms with E-state index in [0.717, 1.165) is 0 Å². The number of benzene rings is 1. The molecule has 0 atom stereocenters. The first-order valence-electron chi connectivity index (χ1n) is 4.17. The molecule has 82 valence electrons. The second kappa shape index (κ2) is 5.24. The van der Waals surface area contributed by atoms with Crippen LogP contribution in [-0.4, -0.2) is 20.2 Å². The van der Waals surface area contributed by atoms with Crippen molar-refractivity contribution in [1.29, 1.82) is 0 Å². The van der Waals surface area contributed by atoms with Crippen molar-refractivity contribution in [1.82, 2.24) is 0 Å². The number of esters is 1. The van der Waals surface area contributed by atoms with E-state index >= 15 is 0 Å². The van der Waals surface area contributed by atoms with E-state index in [-0.39, 0.29) is 12.4 Å². The Balaban J connectivity index is 3.05. The minimum Gasteiger partial charge on any atom is -0.496 e. The molecule has 0 saturated carbocycles. The number of ether oxygens (including phenoxy) is 2. The van der Waals surface area contributed by atoms with E-state index in [1.807, 2.05) is 0 Å². The molecule has 0 aliphatic heterocycles. The van der Waals surface area contributed by atoms with Crippen molar-refractivity contribution in [2.45, 2.75) is 6.42 Å². The lowest BCUT2D eigenvalue weighted by molar-refractivity contribution is -0.139. The van der Waals surface area contributed by atoms with Crippen LogP contribution in [0.1, 0.15) is 5.56 Å². The Kier molecular flexibility index (Phi) is 4.24. The van der Waals surface area contributed by atoms with Gasteiger partial charge in [0.25, 0.3) is 0 Å². The summed E-state index contributed by atoms with van der Waals surface area (Å²) in [5.41, 5.74) is 0.652. The molecule has 0 fully saturated rings. The van der Waals surface area contributed by atoms with Gasteiger partial charge in [0.1, 0.15) is 5.75 Å². The number of carbonyl (C=O) groups excluding carboxylic acids is 1. The van der Waals surface area contributed by atoms with Gasteiger partial charge in [0.05, 0.1) is 30.7 Å². The van der Waals surface area contributed by atoms with Gasteiger partial charge in [-0.2, -0.15) is 0 Å². The summed E-state index contributed by atoms with van der Waals surface area (Å²) in [5.74, 6) is 0.168. The van der Waals surface area contributed by atoms with Crippen molar-refractivity contribution in [3.63, 3.8) is 0 Å². The van der Waals surface area contributed by atoms with Gasteiger partial charge < -0.3 is 9.47 Å². The summed E-state index contributed by atoms with van der Waals surface area (Å²) in [4.78, 5) is 11.1. The van der Waals surface area contributed by atoms with Gasteiger partial charge in [-0.1, -0.05) is 23.2 Å². The fourth-order valence-corrected chi connectivity index (χ4v) is 1.47. The standard InChI is InChI=1S/C10H10Cl2O3/c1-14-9-5-8(12)7(11)3-6(9)4-10(13)15-2/h3,5H,4H2,1-2H3. The van der Waals surface area contributed by atoms with Gasteiger partial charge in [-0.3, -0.25) is 4.79 Å². The third kappa shape index (κ3) is 3.01. The quantitative estimate of drug-likeness (QED) is 0.772. The molecule has 3 nitrogen and oxygen atoms in total. The van der Waals surface area contributed by atoms with Crippen LogP contribution in [0.4, 0.5) is 0 Å². The third-order valence-electron chi connectivity index (χ3n) is 1.89. The van der Waals surface area contributed by atoms with Crippen LogP contribution < -0.4 is 4.74 Å². The Morgan fingerprint density at radius 1 is 1.27 bits per heavy atom. The van der Waals surface area contributed by atoms with Gasteiger partial charge in [0, 0.05) is 11.6 Å². The number of halogens is 2. The molecule has 0 aliphatic carbocycles. The highest BCUT2D eigenvalue weighted by atomic mass is 35.5. The van der Waals surface area contributed by atoms with Crippen molar-refractivity contribution in [3.8, 4) is 5.75 Å². The van der Waals surface area contributed by atoms with Gasteiger partial charge in [0.2, 0.25) is 0 Å². The first-order valence-corrected chi connectivity index (χ1v) is 4.92. The van der Waals surface area contributed by atoms with E-state index in [1.165, 1.54) is 14.2 Å². The van der Waals surface area contributed by atoms with Crippen molar-refractivity contribution in [2.24, 2.45) is 0 Å². The fourth-order valence-electron chi connectivity index (χ4n) is 1.13. The average molecular weight is 249 g/mol. The summed E-state index contributed by atoms with van der Waals surface area (Å²) in [5, 5.41) is 0.776. The molecule has 0 unspecified atom stereocenters. The summed E-state index contributed by atoms with van der Waals surface area (Å²) in [6.07, 6.45) is 0.108. The number of methoxy groups -OCH3 is 2. The summed E-state index contributed by atoms with van der Waals surface area (Å²) < 4.78 is 9.63. The SMILES string of the molecule is COC(=O)Cc1cc(Cl)c(Cl)cc1OC. The molecular weight excluding hydrogens is 239 g/mol. The highest BCUT2D eigenvalue weighted by molar-refractivity contribution is 6.42. The molecule has 0 aromatic heterocycles. The van der Waals surface area contributed by atoms with Crippen molar-refractivity contribution < 1.29 is 14.3 Å². The number of rotatable bonds is 3. The highest BCUT2D eigenvalue weighted by Crippen LogP contribution is 2.30. The summed E-state index contributed by atoms with van der Waals surface area (Å²) >= 11 is 11.6. The summed E-state index contributed by atoms with van der Waals surface area (Å²) in [7, 11) is 2.83. The zero-order valence-electron chi connectivity index (χ0n) is 8.34. The molecule has 1 rings (SSSR count). The molecule has 1 aromatic rings. The second-order valence-electron chi connectivity index (χ2n) is 2.83. The van der Waals surface area contributed by atoms with Gasteiger partial charge in [-0.15, -0.1) is 0 Å². The fraction of sp³-hybridized carbons (Fsp3) is 0.300. The van der Waals surface area contributed by atoms with Crippen LogP contribution >= 0.6 is 23.2 Å². The molecule has 0 amide bonds. The first kappa shape index (κ1) is 12.1. The molecule has 0 radical (unpaired) electrons. The van der Waals surface area contributed by atoms with Crippen molar-refractivity contribution in [2.75, 3.05) is 14.2 Å². The van der Waals surface area contributed by atoms with Crippen LogP contribution in [0.25, 0.3) is 0 Å². The normalized spacial score (nSPS) is 9.87. The van der Waals surface area contributed by atoms with E-state index in [9.17, 15) is 4.79 Å². The lowest BCUT2D eigenvalue weighted by Crippen LogP contribution is -2.06. The monoisotopic (exact) mass is 248 g/mol. The van der Waals surface area contributed by atoms with Crippen molar-refractivity contribution in [3.05, 3.63) is 27.7 Å². The zero-order valence-corrected chi connectivity index (χ0v) is 9.85. The molecule has 0 N–H and O–H groups in total. The van der Waals surface area contributed by atoms with E-state index in [0.29, 0.717) is 21.4 Å². The van der Waals surface area contributed by atoms with E-state index in [1.54, 1.807) is 12.1 Å². The maximum Gasteiger partial charge on any atom is 0.310 e. The molecule has 0 spiro atoms. The number of hydrogen-bond donors (Lipinski definition) is 0. The Bertz CT molecular complexity index is 377. The molecule has 0 saturated heterocycles. The molecule has 0 bridgehead atoms. The van der Waals surface area contributed by atoms with Gasteiger partial charge in [-0.05, 0) is 6.07 Å². The van der Waals surface area contributed by atoms with E-state index in [4.69, 9.17) is 27.9 Å². The van der Waals surface area contributed by atoms with Gasteiger partial charge >= 0.3 is 5.97 Å². The summed E-state index contributed by atoms with van der Waals surface area (Å²) in [6, 6.07) is 3.17. The molecule has 1 aromatic carbocycles. The number of hydrogen-bond acceptors (Lipinski definition) is 3. The van der Waals surface area contributed by atoms with Crippen molar-refractivity contribution >= 4 is 29.2 Å². The maximum absolute atomic E-state index is 11.1. The Hall–Kier alpha value is -0.930.